The van der Waals surface area contributed by atoms with Gasteiger partial charge in [0.05, 0.1) is 16.3 Å². The van der Waals surface area contributed by atoms with Gasteiger partial charge in [0.15, 0.2) is 0 Å². The van der Waals surface area contributed by atoms with Crippen molar-refractivity contribution in [3.63, 3.8) is 0 Å². The van der Waals surface area contributed by atoms with Crippen molar-refractivity contribution in [3.8, 4) is 0 Å². The lowest BCUT2D eigenvalue weighted by molar-refractivity contribution is -0.115. The maximum Gasteiger partial charge on any atom is 0.262 e. The predicted molar refractivity (Wildman–Crippen MR) is 100 cm³/mol. The van der Waals surface area contributed by atoms with Crippen LogP contribution in [0, 0.1) is 0 Å². The summed E-state index contributed by atoms with van der Waals surface area (Å²) in [6.07, 6.45) is 0.310. The van der Waals surface area contributed by atoms with Crippen LogP contribution in [0.2, 0.25) is 0 Å². The minimum absolute atomic E-state index is 0.184. The van der Waals surface area contributed by atoms with E-state index in [4.69, 9.17) is 0 Å². The molecule has 128 valence electrons. The normalized spacial score (nSPS) is 11.2. The molecule has 0 fully saturated rings. The molecule has 2 N–H and O–H groups in total. The predicted octanol–water partition coefficient (Wildman–Crippen LogP) is 3.99. The van der Waals surface area contributed by atoms with Crippen LogP contribution in [0.25, 0.3) is 10.8 Å². The van der Waals surface area contributed by atoms with Crippen molar-refractivity contribution in [3.05, 3.63) is 66.7 Å². The molecule has 3 aromatic carbocycles. The number of fused-ring (bicyclic) bond motifs is 1. The summed E-state index contributed by atoms with van der Waals surface area (Å²) in [5, 5.41) is 4.20. The average Bonchev–Trinajstić information content (AvgIpc) is 2.62. The molecule has 3 rings (SSSR count). The van der Waals surface area contributed by atoms with Gasteiger partial charge in [0.25, 0.3) is 10.0 Å². The van der Waals surface area contributed by atoms with Gasteiger partial charge >= 0.3 is 0 Å². The lowest BCUT2D eigenvalue weighted by atomic mass is 10.1. The van der Waals surface area contributed by atoms with Gasteiger partial charge in [0, 0.05) is 11.8 Å². The van der Waals surface area contributed by atoms with Crippen LogP contribution in [-0.2, 0) is 14.8 Å². The minimum atomic E-state index is -3.81. The van der Waals surface area contributed by atoms with Gasteiger partial charge in [-0.2, -0.15) is 0 Å². The first kappa shape index (κ1) is 17.0. The Balaban J connectivity index is 2.01. The SMILES string of the molecule is CCC(=O)Nc1ccccc1NS(=O)(=O)c1cccc2ccccc12. The molecule has 0 aromatic heterocycles. The van der Waals surface area contributed by atoms with Crippen molar-refractivity contribution >= 4 is 38.1 Å². The van der Waals surface area contributed by atoms with Gasteiger partial charge in [0.1, 0.15) is 0 Å². The van der Waals surface area contributed by atoms with Gasteiger partial charge < -0.3 is 5.32 Å². The molecule has 0 spiro atoms. The Labute approximate surface area is 146 Å². The lowest BCUT2D eigenvalue weighted by Crippen LogP contribution is -2.16. The first-order valence-corrected chi connectivity index (χ1v) is 9.39. The Hall–Kier alpha value is -2.86. The van der Waals surface area contributed by atoms with Crippen LogP contribution < -0.4 is 10.0 Å². The van der Waals surface area contributed by atoms with Crippen LogP contribution in [0.5, 0.6) is 0 Å². The number of anilines is 2. The average molecular weight is 354 g/mol. The van der Waals surface area contributed by atoms with E-state index in [1.165, 1.54) is 0 Å². The number of carbonyl (C=O) groups is 1. The highest BCUT2D eigenvalue weighted by molar-refractivity contribution is 7.93. The maximum atomic E-state index is 12.9. The number of amides is 1. The molecule has 1 amide bonds. The number of rotatable bonds is 5. The van der Waals surface area contributed by atoms with Crippen LogP contribution in [0.15, 0.2) is 71.6 Å². The third-order valence-electron chi connectivity index (χ3n) is 3.81. The third kappa shape index (κ3) is 3.64. The van der Waals surface area contributed by atoms with E-state index in [1.807, 2.05) is 18.2 Å². The van der Waals surface area contributed by atoms with E-state index in [1.54, 1.807) is 55.5 Å². The second-order valence-electron chi connectivity index (χ2n) is 5.53. The summed E-state index contributed by atoms with van der Waals surface area (Å²) in [6.45, 7) is 1.73. The minimum Gasteiger partial charge on any atom is -0.324 e. The van der Waals surface area contributed by atoms with Crippen molar-refractivity contribution in [2.75, 3.05) is 10.0 Å². The fraction of sp³-hybridized carbons (Fsp3) is 0.105. The van der Waals surface area contributed by atoms with Gasteiger partial charge in [-0.15, -0.1) is 0 Å². The molecule has 0 unspecified atom stereocenters. The summed E-state index contributed by atoms with van der Waals surface area (Å²) in [6, 6.07) is 19.2. The van der Waals surface area contributed by atoms with Crippen LogP contribution >= 0.6 is 0 Å². The number of hydrogen-bond donors (Lipinski definition) is 2. The largest absolute Gasteiger partial charge is 0.324 e. The molecule has 0 radical (unpaired) electrons. The van der Waals surface area contributed by atoms with Crippen LogP contribution in [0.1, 0.15) is 13.3 Å². The summed E-state index contributed by atoms with van der Waals surface area (Å²) < 4.78 is 28.4. The van der Waals surface area contributed by atoms with Gasteiger partial charge in [-0.05, 0) is 23.6 Å². The molecular formula is C19H18N2O3S. The van der Waals surface area contributed by atoms with Gasteiger partial charge in [-0.1, -0.05) is 55.5 Å². The highest BCUT2D eigenvalue weighted by atomic mass is 32.2. The van der Waals surface area contributed by atoms with Crippen molar-refractivity contribution in [1.82, 2.24) is 0 Å². The second kappa shape index (κ2) is 6.94. The summed E-state index contributed by atoms with van der Waals surface area (Å²) in [5.41, 5.74) is 0.760. The van der Waals surface area contributed by atoms with Crippen LogP contribution in [0.4, 0.5) is 11.4 Å². The molecule has 0 saturated heterocycles. The Kier molecular flexibility index (Phi) is 4.72. The van der Waals surface area contributed by atoms with Crippen molar-refractivity contribution in [1.29, 1.82) is 0 Å². The molecule has 5 nitrogen and oxygen atoms in total. The first-order valence-electron chi connectivity index (χ1n) is 7.91. The number of para-hydroxylation sites is 2. The van der Waals surface area contributed by atoms with Crippen molar-refractivity contribution in [2.24, 2.45) is 0 Å². The van der Waals surface area contributed by atoms with Crippen LogP contribution in [-0.4, -0.2) is 14.3 Å². The summed E-state index contributed by atoms with van der Waals surface area (Å²) in [4.78, 5) is 11.9. The molecule has 0 aliphatic carbocycles. The monoisotopic (exact) mass is 354 g/mol. The number of benzene rings is 3. The number of nitrogens with one attached hydrogen (secondary N) is 2. The van der Waals surface area contributed by atoms with E-state index in [0.29, 0.717) is 23.2 Å². The quantitative estimate of drug-likeness (QED) is 0.727. The molecule has 6 heteroatoms. The molecule has 0 atom stereocenters. The first-order chi connectivity index (χ1) is 12.0. The van der Waals surface area contributed by atoms with Crippen LogP contribution in [0.3, 0.4) is 0 Å². The third-order valence-corrected chi connectivity index (χ3v) is 5.23. The Morgan fingerprint density at radius 2 is 1.52 bits per heavy atom. The molecule has 3 aromatic rings. The Morgan fingerprint density at radius 1 is 0.880 bits per heavy atom. The lowest BCUT2D eigenvalue weighted by Gasteiger charge is -2.14. The van der Waals surface area contributed by atoms with Crippen molar-refractivity contribution in [2.45, 2.75) is 18.2 Å². The van der Waals surface area contributed by atoms with E-state index in [9.17, 15) is 13.2 Å². The maximum absolute atomic E-state index is 12.9. The fourth-order valence-corrected chi connectivity index (χ4v) is 3.86. The number of carbonyl (C=O) groups excluding carboxylic acids is 1. The summed E-state index contributed by atoms with van der Waals surface area (Å²) >= 11 is 0. The fourth-order valence-electron chi connectivity index (χ4n) is 2.55. The van der Waals surface area contributed by atoms with Crippen molar-refractivity contribution < 1.29 is 13.2 Å². The molecule has 25 heavy (non-hydrogen) atoms. The summed E-state index contributed by atoms with van der Waals surface area (Å²) in [5.74, 6) is -0.184. The molecule has 0 aliphatic heterocycles. The van der Waals surface area contributed by atoms with E-state index >= 15 is 0 Å². The van der Waals surface area contributed by atoms with Gasteiger partial charge in [-0.3, -0.25) is 9.52 Å². The van der Waals surface area contributed by atoms with E-state index in [0.717, 1.165) is 5.39 Å². The molecule has 0 heterocycles. The van der Waals surface area contributed by atoms with Gasteiger partial charge in [0.2, 0.25) is 5.91 Å². The molecule has 0 aliphatic rings. The smallest absolute Gasteiger partial charge is 0.262 e. The van der Waals surface area contributed by atoms with E-state index < -0.39 is 10.0 Å². The zero-order chi connectivity index (χ0) is 17.9. The topological polar surface area (TPSA) is 75.3 Å². The highest BCUT2D eigenvalue weighted by Crippen LogP contribution is 2.28. The van der Waals surface area contributed by atoms with Gasteiger partial charge in [-0.25, -0.2) is 8.42 Å². The standard InChI is InChI=1S/C19H18N2O3S/c1-2-19(22)20-16-11-5-6-12-17(16)21-25(23,24)18-13-7-9-14-8-3-4-10-15(14)18/h3-13,21H,2H2,1H3,(H,20,22). The number of sulfonamides is 1. The Bertz CT molecular complexity index is 1020. The molecule has 0 saturated carbocycles. The molecular weight excluding hydrogens is 336 g/mol. The zero-order valence-electron chi connectivity index (χ0n) is 13.7. The zero-order valence-corrected chi connectivity index (χ0v) is 14.5. The Morgan fingerprint density at radius 3 is 2.28 bits per heavy atom. The van der Waals surface area contributed by atoms with E-state index in [-0.39, 0.29) is 10.8 Å². The van der Waals surface area contributed by atoms with E-state index in [2.05, 4.69) is 10.0 Å². The molecule has 0 bridgehead atoms. The second-order valence-corrected chi connectivity index (χ2v) is 7.18. The number of hydrogen-bond acceptors (Lipinski definition) is 3. The summed E-state index contributed by atoms with van der Waals surface area (Å²) in [7, 11) is -3.81. The highest BCUT2D eigenvalue weighted by Gasteiger charge is 2.19.